The summed E-state index contributed by atoms with van der Waals surface area (Å²) in [7, 11) is 2.15. The number of nitrogens with two attached hydrogens (primary N) is 1. The Morgan fingerprint density at radius 3 is 2.72 bits per heavy atom. The fourth-order valence-electron chi connectivity index (χ4n) is 2.65. The van der Waals surface area contributed by atoms with Gasteiger partial charge in [0.2, 0.25) is 0 Å². The van der Waals surface area contributed by atoms with E-state index in [2.05, 4.69) is 43.1 Å². The zero-order valence-corrected chi connectivity index (χ0v) is 11.5. The molecule has 0 spiro atoms. The van der Waals surface area contributed by atoms with Gasteiger partial charge in [0.25, 0.3) is 0 Å². The van der Waals surface area contributed by atoms with Crippen LogP contribution in [0.3, 0.4) is 0 Å². The molecule has 1 aromatic carbocycles. The summed E-state index contributed by atoms with van der Waals surface area (Å²) in [6, 6.07) is 8.66. The highest BCUT2D eigenvalue weighted by atomic mass is 16.5. The lowest BCUT2D eigenvalue weighted by atomic mass is 9.91. The first-order valence-electron chi connectivity index (χ1n) is 6.68. The van der Waals surface area contributed by atoms with Crippen LogP contribution in [0.2, 0.25) is 0 Å². The molecule has 100 valence electrons. The third-order valence-electron chi connectivity index (χ3n) is 3.61. The average molecular weight is 248 g/mol. The summed E-state index contributed by atoms with van der Waals surface area (Å²) in [6.07, 6.45) is 1.93. The molecule has 1 aliphatic heterocycles. The molecule has 0 radical (unpaired) electrons. The monoisotopic (exact) mass is 248 g/mol. The Labute approximate surface area is 110 Å². The molecular weight excluding hydrogens is 224 g/mol. The molecule has 0 unspecified atom stereocenters. The number of hydrogen-bond donors (Lipinski definition) is 1. The fraction of sp³-hybridized carbons (Fsp3) is 0.600. The Hall–Kier alpha value is -0.900. The van der Waals surface area contributed by atoms with E-state index in [1.54, 1.807) is 0 Å². The van der Waals surface area contributed by atoms with Crippen molar-refractivity contribution in [1.29, 1.82) is 0 Å². The number of ether oxygens (including phenoxy) is 1. The number of rotatable bonds is 4. The second-order valence-electron chi connectivity index (χ2n) is 5.64. The minimum Gasteiger partial charge on any atom is -0.381 e. The maximum atomic E-state index is 6.42. The fourth-order valence-corrected chi connectivity index (χ4v) is 2.65. The van der Waals surface area contributed by atoms with E-state index in [1.807, 2.05) is 0 Å². The quantitative estimate of drug-likeness (QED) is 0.885. The van der Waals surface area contributed by atoms with Crippen LogP contribution < -0.4 is 5.73 Å². The van der Waals surface area contributed by atoms with Crippen molar-refractivity contribution in [3.8, 4) is 0 Å². The van der Waals surface area contributed by atoms with Crippen molar-refractivity contribution in [2.24, 2.45) is 5.73 Å². The van der Waals surface area contributed by atoms with Gasteiger partial charge in [0.1, 0.15) is 0 Å². The first-order valence-corrected chi connectivity index (χ1v) is 6.68. The van der Waals surface area contributed by atoms with Crippen molar-refractivity contribution < 1.29 is 4.74 Å². The van der Waals surface area contributed by atoms with Gasteiger partial charge in [0.15, 0.2) is 0 Å². The number of likely N-dealkylation sites (N-methyl/N-ethyl adjacent to an activating group) is 1. The minimum atomic E-state index is -0.0726. The lowest BCUT2D eigenvalue weighted by Crippen LogP contribution is -2.52. The van der Waals surface area contributed by atoms with E-state index in [0.717, 1.165) is 39.1 Å². The summed E-state index contributed by atoms with van der Waals surface area (Å²) < 4.78 is 5.38. The van der Waals surface area contributed by atoms with Crippen LogP contribution in [0.25, 0.3) is 0 Å². The van der Waals surface area contributed by atoms with Gasteiger partial charge >= 0.3 is 0 Å². The molecule has 1 aromatic rings. The normalized spacial score (nSPS) is 19.1. The number of hydrogen-bond acceptors (Lipinski definition) is 3. The molecule has 0 aliphatic carbocycles. The molecule has 1 fully saturated rings. The molecule has 1 heterocycles. The first kappa shape index (κ1) is 13.5. The van der Waals surface area contributed by atoms with Crippen LogP contribution in [0.1, 0.15) is 24.0 Å². The summed E-state index contributed by atoms with van der Waals surface area (Å²) >= 11 is 0. The van der Waals surface area contributed by atoms with Gasteiger partial charge in [-0.15, -0.1) is 0 Å². The molecule has 3 heteroatoms. The highest BCUT2D eigenvalue weighted by Gasteiger charge is 2.29. The van der Waals surface area contributed by atoms with Crippen molar-refractivity contribution >= 4 is 0 Å². The van der Waals surface area contributed by atoms with E-state index in [0.29, 0.717) is 0 Å². The van der Waals surface area contributed by atoms with E-state index < -0.39 is 0 Å². The highest BCUT2D eigenvalue weighted by Crippen LogP contribution is 2.19. The van der Waals surface area contributed by atoms with E-state index >= 15 is 0 Å². The van der Waals surface area contributed by atoms with E-state index in [1.165, 1.54) is 11.1 Å². The molecule has 2 rings (SSSR count). The molecule has 0 atom stereocenters. The Balaban J connectivity index is 1.90. The topological polar surface area (TPSA) is 38.5 Å². The van der Waals surface area contributed by atoms with Crippen molar-refractivity contribution in [3.05, 3.63) is 35.4 Å². The van der Waals surface area contributed by atoms with Gasteiger partial charge in [-0.1, -0.05) is 29.8 Å². The summed E-state index contributed by atoms with van der Waals surface area (Å²) in [5.41, 5.74) is 9.02. The lowest BCUT2D eigenvalue weighted by molar-refractivity contribution is 0.0402. The second kappa shape index (κ2) is 5.83. The predicted molar refractivity (Wildman–Crippen MR) is 74.5 cm³/mol. The molecule has 0 amide bonds. The van der Waals surface area contributed by atoms with Gasteiger partial charge in [-0.3, -0.25) is 0 Å². The second-order valence-corrected chi connectivity index (χ2v) is 5.64. The maximum absolute atomic E-state index is 6.42. The van der Waals surface area contributed by atoms with Gasteiger partial charge in [0.05, 0.1) is 0 Å². The van der Waals surface area contributed by atoms with Gasteiger partial charge in [-0.2, -0.15) is 0 Å². The van der Waals surface area contributed by atoms with Crippen molar-refractivity contribution in [2.45, 2.75) is 31.8 Å². The number of benzene rings is 1. The third-order valence-corrected chi connectivity index (χ3v) is 3.61. The molecule has 18 heavy (non-hydrogen) atoms. The Kier molecular flexibility index (Phi) is 4.38. The van der Waals surface area contributed by atoms with Crippen molar-refractivity contribution in [3.63, 3.8) is 0 Å². The van der Waals surface area contributed by atoms with Crippen LogP contribution in [0.4, 0.5) is 0 Å². The number of aryl methyl sites for hydroxylation is 1. The summed E-state index contributed by atoms with van der Waals surface area (Å²) in [6.45, 7) is 5.63. The van der Waals surface area contributed by atoms with E-state index in [4.69, 9.17) is 10.5 Å². The van der Waals surface area contributed by atoms with Crippen LogP contribution >= 0.6 is 0 Å². The van der Waals surface area contributed by atoms with Crippen LogP contribution in [0.5, 0.6) is 0 Å². The van der Waals surface area contributed by atoms with Crippen molar-refractivity contribution in [1.82, 2.24) is 4.90 Å². The van der Waals surface area contributed by atoms with Crippen LogP contribution in [-0.4, -0.2) is 37.2 Å². The maximum Gasteiger partial charge on any atom is 0.0484 e. The predicted octanol–water partition coefficient (Wildman–Crippen LogP) is 1.93. The third kappa shape index (κ3) is 3.80. The molecule has 0 aromatic heterocycles. The molecular formula is C15H24N2O. The summed E-state index contributed by atoms with van der Waals surface area (Å²) in [5.74, 6) is 0. The van der Waals surface area contributed by atoms with Gasteiger partial charge in [-0.05, 0) is 32.4 Å². The Morgan fingerprint density at radius 1 is 1.33 bits per heavy atom. The van der Waals surface area contributed by atoms with Crippen LogP contribution in [-0.2, 0) is 11.3 Å². The Morgan fingerprint density at radius 2 is 2.06 bits per heavy atom. The minimum absolute atomic E-state index is 0.0726. The van der Waals surface area contributed by atoms with Gasteiger partial charge in [-0.25, -0.2) is 0 Å². The number of nitrogens with zero attached hydrogens (tertiary/aromatic N) is 1. The highest BCUT2D eigenvalue weighted by molar-refractivity contribution is 5.22. The summed E-state index contributed by atoms with van der Waals surface area (Å²) in [5, 5.41) is 0. The van der Waals surface area contributed by atoms with Gasteiger partial charge in [0, 0.05) is 31.8 Å². The van der Waals surface area contributed by atoms with Crippen LogP contribution in [0.15, 0.2) is 24.3 Å². The SMILES string of the molecule is Cc1cccc(CN(C)CC2(N)CCOCC2)c1. The van der Waals surface area contributed by atoms with E-state index in [-0.39, 0.29) is 5.54 Å². The lowest BCUT2D eigenvalue weighted by Gasteiger charge is -2.36. The molecule has 0 bridgehead atoms. The standard InChI is InChI=1S/C15H24N2O/c1-13-4-3-5-14(10-13)11-17(2)12-15(16)6-8-18-9-7-15/h3-5,10H,6-9,11-12,16H2,1-2H3. The zero-order chi connectivity index (χ0) is 13.0. The summed E-state index contributed by atoms with van der Waals surface area (Å²) in [4.78, 5) is 2.32. The van der Waals surface area contributed by atoms with Gasteiger partial charge < -0.3 is 15.4 Å². The zero-order valence-electron chi connectivity index (χ0n) is 11.5. The largest absolute Gasteiger partial charge is 0.381 e. The Bertz CT molecular complexity index is 386. The molecule has 2 N–H and O–H groups in total. The smallest absolute Gasteiger partial charge is 0.0484 e. The van der Waals surface area contributed by atoms with Crippen molar-refractivity contribution in [2.75, 3.05) is 26.8 Å². The molecule has 0 saturated carbocycles. The molecule has 1 saturated heterocycles. The van der Waals surface area contributed by atoms with Crippen LogP contribution in [0, 0.1) is 6.92 Å². The molecule has 3 nitrogen and oxygen atoms in total. The first-order chi connectivity index (χ1) is 8.57. The average Bonchev–Trinajstić information content (AvgIpc) is 2.28. The molecule has 1 aliphatic rings. The van der Waals surface area contributed by atoms with E-state index in [9.17, 15) is 0 Å².